The van der Waals surface area contributed by atoms with Gasteiger partial charge in [0.2, 0.25) is 4.80 Å². The molecule has 26 heavy (non-hydrogen) atoms. The van der Waals surface area contributed by atoms with Crippen molar-refractivity contribution in [3.05, 3.63) is 52.8 Å². The normalized spacial score (nSPS) is 12.3. The molecule has 0 atom stereocenters. The van der Waals surface area contributed by atoms with Gasteiger partial charge in [-0.3, -0.25) is 0 Å². The third kappa shape index (κ3) is 3.66. The average molecular weight is 386 g/mol. The molecule has 0 unspecified atom stereocenters. The molecule has 3 aromatic rings. The number of rotatable bonds is 5. The van der Waals surface area contributed by atoms with Crippen LogP contribution in [0.15, 0.2) is 51.8 Å². The zero-order chi connectivity index (χ0) is 18.7. The third-order valence-electron chi connectivity index (χ3n) is 3.73. The molecule has 0 saturated carbocycles. The lowest BCUT2D eigenvalue weighted by atomic mass is 10.2. The van der Waals surface area contributed by atoms with E-state index in [0.717, 1.165) is 21.5 Å². The number of thiazole rings is 1. The van der Waals surface area contributed by atoms with E-state index >= 15 is 0 Å². The van der Waals surface area contributed by atoms with Crippen LogP contribution in [0.2, 0.25) is 0 Å². The lowest BCUT2D eigenvalue weighted by Gasteiger charge is -2.03. The molecule has 5 nitrogen and oxygen atoms in total. The summed E-state index contributed by atoms with van der Waals surface area (Å²) >= 11 is 1.27. The molecular weight excluding hydrogens is 368 g/mol. The predicted molar refractivity (Wildman–Crippen MR) is 104 cm³/mol. The summed E-state index contributed by atoms with van der Waals surface area (Å²) in [5.41, 5.74) is 1.81. The molecule has 0 bridgehead atoms. The lowest BCUT2D eigenvalue weighted by molar-refractivity contribution is 0.341. The largest absolute Gasteiger partial charge is 0.494 e. The van der Waals surface area contributed by atoms with E-state index in [1.54, 1.807) is 28.8 Å². The predicted octanol–water partition coefficient (Wildman–Crippen LogP) is 3.33. The Morgan fingerprint density at radius 1 is 1.23 bits per heavy atom. The number of ether oxygens (including phenoxy) is 1. The van der Waals surface area contributed by atoms with Crippen LogP contribution in [0, 0.1) is 19.3 Å². The minimum Gasteiger partial charge on any atom is -0.494 e. The second-order valence-electron chi connectivity index (χ2n) is 5.62. The van der Waals surface area contributed by atoms with Crippen LogP contribution in [0.4, 0.5) is 0 Å². The number of aryl methyl sites for hydroxylation is 1. The highest BCUT2D eigenvalue weighted by molar-refractivity contribution is 7.90. The summed E-state index contributed by atoms with van der Waals surface area (Å²) in [4.78, 5) is 0.495. The summed E-state index contributed by atoms with van der Waals surface area (Å²) < 4.78 is 37.5. The molecule has 0 aliphatic rings. The van der Waals surface area contributed by atoms with Gasteiger partial charge in [0.25, 0.3) is 10.0 Å². The van der Waals surface area contributed by atoms with Crippen LogP contribution < -0.4 is 9.54 Å². The van der Waals surface area contributed by atoms with Crippen molar-refractivity contribution in [2.45, 2.75) is 25.3 Å². The summed E-state index contributed by atoms with van der Waals surface area (Å²) in [6.45, 7) is 4.60. The Bertz CT molecular complexity index is 1150. The monoisotopic (exact) mass is 386 g/mol. The maximum absolute atomic E-state index is 12.7. The van der Waals surface area contributed by atoms with Gasteiger partial charge in [0, 0.05) is 0 Å². The van der Waals surface area contributed by atoms with Gasteiger partial charge in [-0.2, -0.15) is 8.42 Å². The smallest absolute Gasteiger partial charge is 0.285 e. The Morgan fingerprint density at radius 2 is 1.96 bits per heavy atom. The first-order chi connectivity index (χ1) is 12.4. The van der Waals surface area contributed by atoms with E-state index in [1.165, 1.54) is 11.3 Å². The summed E-state index contributed by atoms with van der Waals surface area (Å²) in [6.07, 6.45) is 5.47. The molecule has 1 heterocycles. The average Bonchev–Trinajstić information content (AvgIpc) is 2.92. The summed E-state index contributed by atoms with van der Waals surface area (Å²) in [5.74, 6) is 3.28. The van der Waals surface area contributed by atoms with Crippen molar-refractivity contribution in [3.63, 3.8) is 0 Å². The van der Waals surface area contributed by atoms with E-state index in [4.69, 9.17) is 11.2 Å². The quantitative estimate of drug-likeness (QED) is 0.632. The Hall–Kier alpha value is -2.56. The first kappa shape index (κ1) is 18.2. The van der Waals surface area contributed by atoms with Crippen LogP contribution in [-0.4, -0.2) is 19.6 Å². The number of hydrogen-bond donors (Lipinski definition) is 0. The number of terminal acetylenes is 1. The van der Waals surface area contributed by atoms with Gasteiger partial charge in [-0.25, -0.2) is 0 Å². The van der Waals surface area contributed by atoms with Crippen molar-refractivity contribution in [3.8, 4) is 18.1 Å². The molecule has 7 heteroatoms. The number of sulfonamides is 1. The Kier molecular flexibility index (Phi) is 5.16. The minimum absolute atomic E-state index is 0.155. The molecule has 3 rings (SSSR count). The van der Waals surface area contributed by atoms with E-state index < -0.39 is 10.0 Å². The molecule has 134 valence electrons. The van der Waals surface area contributed by atoms with E-state index in [-0.39, 0.29) is 11.4 Å². The molecule has 1 aromatic heterocycles. The second kappa shape index (κ2) is 7.36. The van der Waals surface area contributed by atoms with Gasteiger partial charge in [-0.15, -0.1) is 10.8 Å². The number of nitrogens with zero attached hydrogens (tertiary/aromatic N) is 2. The van der Waals surface area contributed by atoms with Crippen molar-refractivity contribution < 1.29 is 13.2 Å². The van der Waals surface area contributed by atoms with Crippen molar-refractivity contribution in [1.82, 2.24) is 4.57 Å². The fraction of sp³-hybridized carbons (Fsp3) is 0.211. The Morgan fingerprint density at radius 3 is 2.62 bits per heavy atom. The first-order valence-corrected chi connectivity index (χ1v) is 10.3. The van der Waals surface area contributed by atoms with Crippen LogP contribution in [0.5, 0.6) is 5.75 Å². The van der Waals surface area contributed by atoms with Crippen LogP contribution in [0.25, 0.3) is 10.2 Å². The fourth-order valence-corrected chi connectivity index (χ4v) is 4.75. The maximum Gasteiger partial charge on any atom is 0.285 e. The van der Waals surface area contributed by atoms with Gasteiger partial charge in [0.1, 0.15) is 5.75 Å². The molecule has 0 amide bonds. The van der Waals surface area contributed by atoms with Gasteiger partial charge < -0.3 is 9.30 Å². The molecule has 0 aliphatic carbocycles. The molecule has 0 aliphatic heterocycles. The molecular formula is C19H18N2O3S2. The molecule has 0 fully saturated rings. The Balaban J connectivity index is 2.19. The van der Waals surface area contributed by atoms with Crippen LogP contribution >= 0.6 is 11.3 Å². The van der Waals surface area contributed by atoms with Gasteiger partial charge >= 0.3 is 0 Å². The van der Waals surface area contributed by atoms with Gasteiger partial charge in [0.15, 0.2) is 0 Å². The summed E-state index contributed by atoms with van der Waals surface area (Å²) in [6, 6.07) is 12.2. The number of benzene rings is 2. The summed E-state index contributed by atoms with van der Waals surface area (Å²) in [7, 11) is -3.82. The van der Waals surface area contributed by atoms with Crippen molar-refractivity contribution in [1.29, 1.82) is 0 Å². The lowest BCUT2D eigenvalue weighted by Crippen LogP contribution is -2.16. The molecule has 0 N–H and O–H groups in total. The van der Waals surface area contributed by atoms with E-state index in [1.807, 2.05) is 32.0 Å². The first-order valence-electron chi connectivity index (χ1n) is 8.02. The number of fused-ring (bicyclic) bond motifs is 1. The summed E-state index contributed by atoms with van der Waals surface area (Å²) in [5, 5.41) is 0. The van der Waals surface area contributed by atoms with Crippen LogP contribution in [0.1, 0.15) is 12.5 Å². The molecule has 2 aromatic carbocycles. The van der Waals surface area contributed by atoms with Gasteiger partial charge in [-0.1, -0.05) is 35.0 Å². The zero-order valence-corrected chi connectivity index (χ0v) is 16.1. The molecule has 0 spiro atoms. The van der Waals surface area contributed by atoms with E-state index in [9.17, 15) is 8.42 Å². The van der Waals surface area contributed by atoms with Crippen molar-refractivity contribution >= 4 is 31.6 Å². The molecule has 0 radical (unpaired) electrons. The van der Waals surface area contributed by atoms with E-state index in [2.05, 4.69) is 10.3 Å². The zero-order valence-electron chi connectivity index (χ0n) is 14.5. The Labute approximate surface area is 156 Å². The third-order valence-corrected chi connectivity index (χ3v) is 6.17. The van der Waals surface area contributed by atoms with Gasteiger partial charge in [0.05, 0.1) is 28.3 Å². The highest BCUT2D eigenvalue weighted by Crippen LogP contribution is 2.24. The number of hydrogen-bond acceptors (Lipinski definition) is 4. The standard InChI is InChI=1S/C19H18N2O3S2/c1-4-12-21-17-11-8-15(24-5-2)13-18(17)25-19(21)20-26(22,23)16-9-6-14(3)7-10-16/h1,6-11,13H,5,12H2,2-3H3/b20-19-. The minimum atomic E-state index is -3.82. The highest BCUT2D eigenvalue weighted by atomic mass is 32.2. The fourth-order valence-electron chi connectivity index (χ4n) is 2.49. The second-order valence-corrected chi connectivity index (χ2v) is 8.23. The van der Waals surface area contributed by atoms with Crippen LogP contribution in [0.3, 0.4) is 0 Å². The van der Waals surface area contributed by atoms with Crippen molar-refractivity contribution in [2.24, 2.45) is 4.40 Å². The number of aromatic nitrogens is 1. The maximum atomic E-state index is 12.7. The van der Waals surface area contributed by atoms with E-state index in [0.29, 0.717) is 11.4 Å². The van der Waals surface area contributed by atoms with Crippen LogP contribution in [-0.2, 0) is 16.6 Å². The van der Waals surface area contributed by atoms with Crippen molar-refractivity contribution in [2.75, 3.05) is 6.61 Å². The molecule has 0 saturated heterocycles. The SMILES string of the molecule is C#CCn1/c(=N/S(=O)(=O)c2ccc(C)cc2)sc2cc(OCC)ccc21. The topological polar surface area (TPSA) is 60.7 Å². The van der Waals surface area contributed by atoms with Gasteiger partial charge in [-0.05, 0) is 44.2 Å². The highest BCUT2D eigenvalue weighted by Gasteiger charge is 2.15.